The van der Waals surface area contributed by atoms with Crippen molar-refractivity contribution in [2.24, 2.45) is 0 Å². The maximum absolute atomic E-state index is 11.5. The largest absolute Gasteiger partial charge is 0.444 e. The van der Waals surface area contributed by atoms with Gasteiger partial charge in [0.2, 0.25) is 0 Å². The number of ether oxygens (including phenoxy) is 14. The monoisotopic (exact) mass is 772 g/mol. The molecule has 17 heteroatoms. The maximum Gasteiger partial charge on any atom is 0.407 e. The Balaban J connectivity index is 1.61. The molecule has 17 nitrogen and oxygen atoms in total. The highest BCUT2D eigenvalue weighted by molar-refractivity contribution is 5.67. The molecule has 1 rings (SSSR count). The van der Waals surface area contributed by atoms with Crippen molar-refractivity contribution in [3.63, 3.8) is 0 Å². The first-order valence-electron chi connectivity index (χ1n) is 19.2. The molecule has 1 aliphatic heterocycles. The van der Waals surface area contributed by atoms with E-state index in [1.807, 2.05) is 20.8 Å². The molecule has 2 N–H and O–H groups in total. The van der Waals surface area contributed by atoms with E-state index in [0.717, 1.165) is 25.9 Å². The topological polar surface area (TPSA) is 170 Å². The Morgan fingerprint density at radius 2 is 0.717 bits per heavy atom. The lowest BCUT2D eigenvalue weighted by Gasteiger charge is -2.22. The fraction of sp³-hybridized carbons (Fsp3) is 0.972. The average molecular weight is 773 g/mol. The van der Waals surface area contributed by atoms with Crippen molar-refractivity contribution < 1.29 is 71.1 Å². The third kappa shape index (κ3) is 40.2. The molecule has 1 saturated heterocycles. The van der Waals surface area contributed by atoms with Gasteiger partial charge < -0.3 is 76.9 Å². The molecule has 0 aromatic carbocycles. The van der Waals surface area contributed by atoms with Gasteiger partial charge in [0.15, 0.2) is 0 Å². The van der Waals surface area contributed by atoms with Crippen LogP contribution in [0, 0.1) is 0 Å². The first kappa shape index (κ1) is 49.7. The van der Waals surface area contributed by atoms with E-state index in [4.69, 9.17) is 66.3 Å². The molecule has 1 heterocycles. The fourth-order valence-electron chi connectivity index (χ4n) is 4.30. The fourth-order valence-corrected chi connectivity index (χ4v) is 4.30. The molecule has 53 heavy (non-hydrogen) atoms. The quantitative estimate of drug-likeness (QED) is 0.0858. The van der Waals surface area contributed by atoms with Crippen molar-refractivity contribution in [1.82, 2.24) is 10.6 Å². The van der Waals surface area contributed by atoms with Crippen molar-refractivity contribution in [2.75, 3.05) is 185 Å². The summed E-state index contributed by atoms with van der Waals surface area (Å²) in [6.45, 7) is 20.5. The molecular weight excluding hydrogens is 700 g/mol. The molecule has 0 aromatic rings. The van der Waals surface area contributed by atoms with Gasteiger partial charge in [-0.25, -0.2) is 4.79 Å². The summed E-state index contributed by atoms with van der Waals surface area (Å²) in [6, 6.07) is 0. The van der Waals surface area contributed by atoms with Gasteiger partial charge >= 0.3 is 6.09 Å². The first-order valence-corrected chi connectivity index (χ1v) is 19.2. The van der Waals surface area contributed by atoms with Gasteiger partial charge in [-0.15, -0.1) is 0 Å². The minimum Gasteiger partial charge on any atom is -0.444 e. The Labute approximate surface area is 317 Å². The second-order valence-electron chi connectivity index (χ2n) is 12.6. The predicted octanol–water partition coefficient (Wildman–Crippen LogP) is 1.48. The summed E-state index contributed by atoms with van der Waals surface area (Å²) >= 11 is 0. The van der Waals surface area contributed by atoms with E-state index in [0.29, 0.717) is 178 Å². The van der Waals surface area contributed by atoms with E-state index in [2.05, 4.69) is 10.6 Å². The second kappa shape index (κ2) is 39.0. The van der Waals surface area contributed by atoms with Gasteiger partial charge in [-0.1, -0.05) is 0 Å². The average Bonchev–Trinajstić information content (AvgIpc) is 3.13. The van der Waals surface area contributed by atoms with Gasteiger partial charge in [-0.2, -0.15) is 0 Å². The highest BCUT2D eigenvalue weighted by Gasteiger charge is 2.15. The van der Waals surface area contributed by atoms with Crippen LogP contribution >= 0.6 is 0 Å². The van der Waals surface area contributed by atoms with E-state index in [-0.39, 0.29) is 0 Å². The lowest BCUT2D eigenvalue weighted by molar-refractivity contribution is -0.0327. The highest BCUT2D eigenvalue weighted by Crippen LogP contribution is 2.07. The third-order valence-electron chi connectivity index (χ3n) is 6.87. The van der Waals surface area contributed by atoms with Crippen LogP contribution in [0.15, 0.2) is 0 Å². The summed E-state index contributed by atoms with van der Waals surface area (Å²) < 4.78 is 76.7. The van der Waals surface area contributed by atoms with Crippen LogP contribution in [0.25, 0.3) is 0 Å². The van der Waals surface area contributed by atoms with Crippen molar-refractivity contribution in [3.8, 4) is 0 Å². The Hall–Kier alpha value is -1.29. The van der Waals surface area contributed by atoms with Crippen LogP contribution in [0.3, 0.4) is 0 Å². The number of alkyl carbamates (subject to hydrolysis) is 1. The molecule has 0 atom stereocenters. The summed E-state index contributed by atoms with van der Waals surface area (Å²) in [6.07, 6.45) is 2.07. The number of carbonyl (C=O) groups excluding carboxylic acids is 1. The molecule has 316 valence electrons. The normalized spacial score (nSPS) is 13.9. The van der Waals surface area contributed by atoms with Crippen LogP contribution in [0.2, 0.25) is 0 Å². The van der Waals surface area contributed by atoms with Gasteiger partial charge in [0.05, 0.1) is 171 Å². The number of hydrogen-bond acceptors (Lipinski definition) is 16. The number of rotatable bonds is 40. The molecule has 0 saturated carbocycles. The Morgan fingerprint density at radius 3 is 1.00 bits per heavy atom. The third-order valence-corrected chi connectivity index (χ3v) is 6.87. The molecule has 0 unspecified atom stereocenters. The lowest BCUT2D eigenvalue weighted by Crippen LogP contribution is -2.34. The highest BCUT2D eigenvalue weighted by atomic mass is 16.6. The molecule has 1 fully saturated rings. The van der Waals surface area contributed by atoms with Crippen LogP contribution in [-0.4, -0.2) is 203 Å². The molecule has 0 aliphatic carbocycles. The van der Waals surface area contributed by atoms with Crippen molar-refractivity contribution >= 4 is 6.09 Å². The molecule has 0 spiro atoms. The van der Waals surface area contributed by atoms with Crippen LogP contribution in [0.1, 0.15) is 33.6 Å². The van der Waals surface area contributed by atoms with Crippen molar-refractivity contribution in [3.05, 3.63) is 0 Å². The van der Waals surface area contributed by atoms with Gasteiger partial charge in [-0.3, -0.25) is 0 Å². The molecule has 0 aromatic heterocycles. The van der Waals surface area contributed by atoms with Gasteiger partial charge in [0, 0.05) is 6.54 Å². The molecule has 1 amide bonds. The van der Waals surface area contributed by atoms with E-state index >= 15 is 0 Å². The van der Waals surface area contributed by atoms with E-state index in [1.54, 1.807) is 0 Å². The van der Waals surface area contributed by atoms with Gasteiger partial charge in [0.1, 0.15) is 5.60 Å². The Kier molecular flexibility index (Phi) is 36.6. The zero-order valence-corrected chi connectivity index (χ0v) is 32.9. The summed E-state index contributed by atoms with van der Waals surface area (Å²) in [5.74, 6) is 0. The van der Waals surface area contributed by atoms with Crippen LogP contribution in [0.5, 0.6) is 0 Å². The number of amides is 1. The number of hydrogen-bond donors (Lipinski definition) is 2. The van der Waals surface area contributed by atoms with Crippen LogP contribution in [0.4, 0.5) is 4.79 Å². The molecule has 0 radical (unpaired) electrons. The smallest absolute Gasteiger partial charge is 0.407 e. The first-order chi connectivity index (χ1) is 26.0. The zero-order chi connectivity index (χ0) is 38.2. The number of nitrogens with one attached hydrogen (secondary N) is 2. The van der Waals surface area contributed by atoms with Crippen LogP contribution in [-0.2, 0) is 66.3 Å². The van der Waals surface area contributed by atoms with E-state index < -0.39 is 11.7 Å². The minimum absolute atomic E-state index is 0.367. The van der Waals surface area contributed by atoms with Crippen molar-refractivity contribution in [2.45, 2.75) is 45.3 Å². The van der Waals surface area contributed by atoms with E-state index in [1.165, 1.54) is 0 Å². The van der Waals surface area contributed by atoms with Gasteiger partial charge in [0.25, 0.3) is 0 Å². The second-order valence-corrected chi connectivity index (χ2v) is 12.6. The Bertz CT molecular complexity index is 761. The Morgan fingerprint density at radius 1 is 0.453 bits per heavy atom. The summed E-state index contributed by atoms with van der Waals surface area (Å²) in [7, 11) is 0. The predicted molar refractivity (Wildman–Crippen MR) is 196 cm³/mol. The summed E-state index contributed by atoms with van der Waals surface area (Å²) in [5.41, 5.74) is -0.513. The molecular formula is C36H72N2O15. The summed E-state index contributed by atoms with van der Waals surface area (Å²) in [5, 5.41) is 5.96. The maximum atomic E-state index is 11.5. The van der Waals surface area contributed by atoms with Gasteiger partial charge in [-0.05, 0) is 46.7 Å². The SMILES string of the molecule is CC(C)(C)OC(=O)NCCOCCOCCOCCOCCOCCOCCOCCOCCOCCOCCOCCOCCOC1CCNCC1. The molecule has 0 bridgehead atoms. The van der Waals surface area contributed by atoms with E-state index in [9.17, 15) is 4.79 Å². The number of carbonyl (C=O) groups is 1. The minimum atomic E-state index is -0.513. The standard InChI is InChI=1S/C36H72N2O15/c1-36(2,3)53-35(39)38-8-9-40-10-11-41-12-13-42-14-15-43-16-17-44-18-19-45-20-21-46-22-23-47-24-25-48-26-27-49-28-29-50-30-31-51-32-33-52-34-4-6-37-7-5-34/h34,37H,4-33H2,1-3H3,(H,38,39). The number of piperidine rings is 1. The lowest BCUT2D eigenvalue weighted by atomic mass is 10.1. The zero-order valence-electron chi connectivity index (χ0n) is 32.9. The van der Waals surface area contributed by atoms with Crippen LogP contribution < -0.4 is 10.6 Å². The molecule has 1 aliphatic rings. The summed E-state index contributed by atoms with van der Waals surface area (Å²) in [4.78, 5) is 11.5. The van der Waals surface area contributed by atoms with Crippen molar-refractivity contribution in [1.29, 1.82) is 0 Å².